The van der Waals surface area contributed by atoms with Gasteiger partial charge in [0.2, 0.25) is 5.91 Å². The van der Waals surface area contributed by atoms with Crippen molar-refractivity contribution < 1.29 is 9.59 Å². The Bertz CT molecular complexity index is 459. The molecule has 0 aromatic heterocycles. The number of imide groups is 1. The van der Waals surface area contributed by atoms with E-state index in [4.69, 9.17) is 34.8 Å². The molecule has 1 rings (SSSR count). The van der Waals surface area contributed by atoms with Gasteiger partial charge in [0.1, 0.15) is 0 Å². The number of urea groups is 1. The number of halogens is 4. The van der Waals surface area contributed by atoms with E-state index in [1.807, 2.05) is 0 Å². The van der Waals surface area contributed by atoms with Crippen molar-refractivity contribution in [3.63, 3.8) is 0 Å². The molecule has 3 amide bonds. The van der Waals surface area contributed by atoms with Gasteiger partial charge in [-0.15, -0.1) is 11.6 Å². The number of rotatable bonds is 3. The predicted molar refractivity (Wildman–Crippen MR) is 76.7 cm³/mol. The monoisotopic (exact) mass is 372 g/mol. The number of nitrogens with one attached hydrogen (secondary N) is 2. The summed E-state index contributed by atoms with van der Waals surface area (Å²) >= 11 is 20.4. The smallest absolute Gasteiger partial charge is 0.305 e. The van der Waals surface area contributed by atoms with Gasteiger partial charge in [-0.1, -0.05) is 39.1 Å². The fourth-order valence-electron chi connectivity index (χ4n) is 1.08. The SMILES string of the molecule is O=C(CCCl)NC(=O)Nc1c(Cl)cc(Br)cc1Cl. The molecule has 0 aliphatic heterocycles. The van der Waals surface area contributed by atoms with Crippen LogP contribution in [0.4, 0.5) is 10.5 Å². The van der Waals surface area contributed by atoms with E-state index in [9.17, 15) is 9.59 Å². The van der Waals surface area contributed by atoms with Crippen LogP contribution in [0.15, 0.2) is 16.6 Å². The maximum absolute atomic E-state index is 11.5. The summed E-state index contributed by atoms with van der Waals surface area (Å²) in [6, 6.07) is 2.43. The van der Waals surface area contributed by atoms with Gasteiger partial charge in [-0.05, 0) is 12.1 Å². The van der Waals surface area contributed by atoms with Crippen LogP contribution in [-0.4, -0.2) is 17.8 Å². The van der Waals surface area contributed by atoms with E-state index in [1.165, 1.54) is 0 Å². The standard InChI is InChI=1S/C10H8BrCl3N2O2/c11-5-3-6(13)9(7(14)4-5)16-10(18)15-8(17)1-2-12/h3-4H,1-2H2,(H2,15,16,17,18). The third-order valence-electron chi connectivity index (χ3n) is 1.82. The van der Waals surface area contributed by atoms with Crippen LogP contribution in [0.5, 0.6) is 0 Å². The summed E-state index contributed by atoms with van der Waals surface area (Å²) in [4.78, 5) is 22.6. The van der Waals surface area contributed by atoms with Gasteiger partial charge in [-0.3, -0.25) is 10.1 Å². The number of benzene rings is 1. The van der Waals surface area contributed by atoms with Crippen molar-refractivity contribution in [3.8, 4) is 0 Å². The number of amides is 3. The maximum atomic E-state index is 11.5. The van der Waals surface area contributed by atoms with Crippen molar-refractivity contribution in [3.05, 3.63) is 26.7 Å². The molecule has 0 spiro atoms. The average Bonchev–Trinajstić information content (AvgIpc) is 2.23. The van der Waals surface area contributed by atoms with Crippen LogP contribution in [0.3, 0.4) is 0 Å². The number of hydrogen-bond acceptors (Lipinski definition) is 2. The van der Waals surface area contributed by atoms with Crippen molar-refractivity contribution in [1.82, 2.24) is 5.32 Å². The summed E-state index contributed by atoms with van der Waals surface area (Å²) < 4.78 is 0.682. The topological polar surface area (TPSA) is 58.2 Å². The second-order valence-electron chi connectivity index (χ2n) is 3.19. The lowest BCUT2D eigenvalue weighted by Crippen LogP contribution is -2.34. The maximum Gasteiger partial charge on any atom is 0.325 e. The number of hydrogen-bond donors (Lipinski definition) is 2. The fraction of sp³-hybridized carbons (Fsp3) is 0.200. The predicted octanol–water partition coefficient (Wildman–Crippen LogP) is 4.03. The molecule has 0 saturated carbocycles. The van der Waals surface area contributed by atoms with Gasteiger partial charge < -0.3 is 5.32 Å². The third kappa shape index (κ3) is 4.65. The minimum absolute atomic E-state index is 0.0524. The van der Waals surface area contributed by atoms with Crippen molar-refractivity contribution in [2.24, 2.45) is 0 Å². The molecule has 0 radical (unpaired) electrons. The number of anilines is 1. The first-order chi connectivity index (χ1) is 8.43. The summed E-state index contributed by atoms with van der Waals surface area (Å²) in [7, 11) is 0. The highest BCUT2D eigenvalue weighted by Gasteiger charge is 2.12. The van der Waals surface area contributed by atoms with E-state index in [2.05, 4.69) is 26.6 Å². The van der Waals surface area contributed by atoms with Gasteiger partial charge >= 0.3 is 6.03 Å². The van der Waals surface area contributed by atoms with E-state index in [0.29, 0.717) is 4.47 Å². The second kappa shape index (κ2) is 7.19. The highest BCUT2D eigenvalue weighted by Crippen LogP contribution is 2.33. The first kappa shape index (κ1) is 15.6. The summed E-state index contributed by atoms with van der Waals surface area (Å²) in [6.07, 6.45) is 0.0524. The lowest BCUT2D eigenvalue weighted by Gasteiger charge is -2.10. The van der Waals surface area contributed by atoms with Crippen LogP contribution in [0.2, 0.25) is 10.0 Å². The molecule has 0 bridgehead atoms. The summed E-state index contributed by atoms with van der Waals surface area (Å²) in [5.74, 6) is -0.342. The van der Waals surface area contributed by atoms with Crippen molar-refractivity contribution in [1.29, 1.82) is 0 Å². The molecule has 0 unspecified atom stereocenters. The molecule has 18 heavy (non-hydrogen) atoms. The van der Waals surface area contributed by atoms with E-state index in [1.54, 1.807) is 12.1 Å². The van der Waals surface area contributed by atoms with Gasteiger partial charge in [0.15, 0.2) is 0 Å². The summed E-state index contributed by atoms with van der Waals surface area (Å²) in [5.41, 5.74) is 0.234. The quantitative estimate of drug-likeness (QED) is 0.785. The Hall–Kier alpha value is -0.490. The Morgan fingerprint density at radius 3 is 2.28 bits per heavy atom. The van der Waals surface area contributed by atoms with Gasteiger partial charge in [-0.25, -0.2) is 4.79 Å². The molecule has 0 atom stereocenters. The molecule has 8 heteroatoms. The van der Waals surface area contributed by atoms with E-state index >= 15 is 0 Å². The lowest BCUT2D eigenvalue weighted by molar-refractivity contribution is -0.119. The van der Waals surface area contributed by atoms with E-state index in [-0.39, 0.29) is 28.0 Å². The zero-order valence-corrected chi connectivity index (χ0v) is 12.8. The molecule has 0 heterocycles. The molecule has 0 fully saturated rings. The Morgan fingerprint density at radius 1 is 1.22 bits per heavy atom. The van der Waals surface area contributed by atoms with E-state index < -0.39 is 11.9 Å². The van der Waals surface area contributed by atoms with Crippen molar-refractivity contribution in [2.45, 2.75) is 6.42 Å². The zero-order chi connectivity index (χ0) is 13.7. The molecule has 0 aliphatic rings. The minimum Gasteiger partial charge on any atom is -0.305 e. The highest BCUT2D eigenvalue weighted by molar-refractivity contribution is 9.10. The summed E-state index contributed by atoms with van der Waals surface area (Å²) in [6.45, 7) is 0. The van der Waals surface area contributed by atoms with E-state index in [0.717, 1.165) is 0 Å². The van der Waals surface area contributed by atoms with Crippen LogP contribution in [0, 0.1) is 0 Å². The van der Waals surface area contributed by atoms with Gasteiger partial charge in [0.25, 0.3) is 0 Å². The van der Waals surface area contributed by atoms with Crippen LogP contribution < -0.4 is 10.6 Å². The second-order valence-corrected chi connectivity index (χ2v) is 5.29. The minimum atomic E-state index is -0.712. The molecular weight excluding hydrogens is 366 g/mol. The van der Waals surface area contributed by atoms with Crippen LogP contribution >= 0.6 is 50.7 Å². The summed E-state index contributed by atoms with van der Waals surface area (Å²) in [5, 5.41) is 5.01. The van der Waals surface area contributed by atoms with Crippen LogP contribution in [-0.2, 0) is 4.79 Å². The fourth-order valence-corrected chi connectivity index (χ4v) is 2.56. The van der Waals surface area contributed by atoms with Crippen molar-refractivity contribution >= 4 is 68.4 Å². The van der Waals surface area contributed by atoms with Crippen molar-refractivity contribution in [2.75, 3.05) is 11.2 Å². The molecule has 98 valence electrons. The molecule has 1 aromatic rings. The molecule has 4 nitrogen and oxygen atoms in total. The number of alkyl halides is 1. The van der Waals surface area contributed by atoms with Gasteiger partial charge in [-0.2, -0.15) is 0 Å². The number of carbonyl (C=O) groups is 2. The largest absolute Gasteiger partial charge is 0.325 e. The average molecular weight is 374 g/mol. The molecule has 2 N–H and O–H groups in total. The zero-order valence-electron chi connectivity index (χ0n) is 8.90. The van der Waals surface area contributed by atoms with Crippen LogP contribution in [0.1, 0.15) is 6.42 Å². The Kier molecular flexibility index (Phi) is 6.21. The highest BCUT2D eigenvalue weighted by atomic mass is 79.9. The van der Waals surface area contributed by atoms with Gasteiger partial charge in [0, 0.05) is 16.8 Å². The van der Waals surface area contributed by atoms with Gasteiger partial charge in [0.05, 0.1) is 15.7 Å². The number of carbonyl (C=O) groups excluding carboxylic acids is 2. The molecule has 0 saturated heterocycles. The normalized spacial score (nSPS) is 10.0. The third-order valence-corrected chi connectivity index (χ3v) is 3.06. The first-order valence-electron chi connectivity index (χ1n) is 4.75. The Labute approximate surface area is 127 Å². The first-order valence-corrected chi connectivity index (χ1v) is 6.83. The Balaban J connectivity index is 2.73. The molecular formula is C10H8BrCl3N2O2. The van der Waals surface area contributed by atoms with Crippen LogP contribution in [0.25, 0.3) is 0 Å². The Morgan fingerprint density at radius 2 is 1.78 bits per heavy atom. The molecule has 1 aromatic carbocycles. The lowest BCUT2D eigenvalue weighted by atomic mass is 10.3. The molecule has 0 aliphatic carbocycles.